The second-order valence-corrected chi connectivity index (χ2v) is 8.88. The summed E-state index contributed by atoms with van der Waals surface area (Å²) in [5.74, 6) is -1.40. The molecule has 2 atom stereocenters. The molecule has 3 rings (SSSR count). The smallest absolute Gasteiger partial charge is 0.347 e. The second-order valence-electron chi connectivity index (χ2n) is 7.26. The molecule has 0 amide bonds. The number of hydrogen-bond donors (Lipinski definition) is 1. The van der Waals surface area contributed by atoms with E-state index in [1.807, 2.05) is 6.92 Å². The average Bonchev–Trinajstić information content (AvgIpc) is 2.90. The fourth-order valence-electron chi connectivity index (χ4n) is 3.55. The number of hydrogen-bond acceptors (Lipinski definition) is 6. The fourth-order valence-corrected chi connectivity index (χ4v) is 5.08. The zero-order valence-corrected chi connectivity index (χ0v) is 17.5. The molecule has 7 nitrogen and oxygen atoms in total. The quantitative estimate of drug-likeness (QED) is 0.750. The Hall–Kier alpha value is -2.87. The van der Waals surface area contributed by atoms with Crippen LogP contribution >= 0.6 is 0 Å². The van der Waals surface area contributed by atoms with E-state index in [1.54, 1.807) is 45.0 Å². The molecule has 154 valence electrons. The van der Waals surface area contributed by atoms with Crippen molar-refractivity contribution in [1.82, 2.24) is 0 Å². The van der Waals surface area contributed by atoms with Crippen LogP contribution in [0.25, 0.3) is 0 Å². The van der Waals surface area contributed by atoms with Crippen LogP contribution in [-0.2, 0) is 24.3 Å². The molecule has 1 aliphatic rings. The Kier molecular flexibility index (Phi) is 5.66. The molecule has 29 heavy (non-hydrogen) atoms. The van der Waals surface area contributed by atoms with E-state index in [2.05, 4.69) is 4.72 Å². The van der Waals surface area contributed by atoms with E-state index in [4.69, 9.17) is 9.47 Å². The lowest BCUT2D eigenvalue weighted by Crippen LogP contribution is -2.24. The summed E-state index contributed by atoms with van der Waals surface area (Å²) in [6, 6.07) is 9.69. The zero-order valence-electron chi connectivity index (χ0n) is 16.7. The van der Waals surface area contributed by atoms with Crippen LogP contribution in [0.5, 0.6) is 0 Å². The third kappa shape index (κ3) is 4.42. The van der Waals surface area contributed by atoms with Crippen LogP contribution in [-0.4, -0.2) is 32.6 Å². The Morgan fingerprint density at radius 3 is 2.34 bits per heavy atom. The van der Waals surface area contributed by atoms with Crippen LogP contribution in [0.1, 0.15) is 40.4 Å². The normalized spacial score (nSPS) is 19.0. The first-order valence-electron chi connectivity index (χ1n) is 9.19. The molecule has 0 aromatic heterocycles. The topological polar surface area (TPSA) is 98.8 Å². The van der Waals surface area contributed by atoms with Gasteiger partial charge in [-0.2, -0.15) is 0 Å². The highest BCUT2D eigenvalue weighted by Gasteiger charge is 2.35. The lowest BCUT2D eigenvalue weighted by atomic mass is 10.1. The van der Waals surface area contributed by atoms with Gasteiger partial charge in [0.15, 0.2) is 0 Å². The van der Waals surface area contributed by atoms with Crippen molar-refractivity contribution >= 4 is 27.6 Å². The molecule has 0 radical (unpaired) electrons. The van der Waals surface area contributed by atoms with Crippen molar-refractivity contribution in [3.63, 3.8) is 0 Å². The van der Waals surface area contributed by atoms with Crippen molar-refractivity contribution in [3.05, 3.63) is 58.7 Å². The van der Waals surface area contributed by atoms with Gasteiger partial charge in [-0.05, 0) is 51.0 Å². The second kappa shape index (κ2) is 7.87. The van der Waals surface area contributed by atoms with E-state index in [-0.39, 0.29) is 28.7 Å². The Balaban J connectivity index is 1.89. The molecule has 1 heterocycles. The van der Waals surface area contributed by atoms with E-state index in [0.717, 1.165) is 5.56 Å². The van der Waals surface area contributed by atoms with Gasteiger partial charge < -0.3 is 9.47 Å². The molecule has 0 bridgehead atoms. The zero-order chi connectivity index (χ0) is 21.3. The maximum absolute atomic E-state index is 13.0. The van der Waals surface area contributed by atoms with Crippen molar-refractivity contribution in [1.29, 1.82) is 0 Å². The monoisotopic (exact) mass is 417 g/mol. The van der Waals surface area contributed by atoms with Crippen LogP contribution in [0.4, 0.5) is 5.69 Å². The van der Waals surface area contributed by atoms with E-state index < -0.39 is 28.1 Å². The lowest BCUT2D eigenvalue weighted by molar-refractivity contribution is -0.147. The molecule has 2 aromatic carbocycles. The summed E-state index contributed by atoms with van der Waals surface area (Å²) in [4.78, 5) is 24.5. The summed E-state index contributed by atoms with van der Waals surface area (Å²) in [6.07, 6.45) is -1.06. The average molecular weight is 417 g/mol. The predicted molar refractivity (Wildman–Crippen MR) is 107 cm³/mol. The summed E-state index contributed by atoms with van der Waals surface area (Å²) < 4.78 is 38.8. The van der Waals surface area contributed by atoms with Crippen molar-refractivity contribution in [2.45, 2.75) is 51.2 Å². The third-order valence-electron chi connectivity index (χ3n) is 4.64. The van der Waals surface area contributed by atoms with Gasteiger partial charge >= 0.3 is 11.9 Å². The number of aryl methyl sites for hydroxylation is 3. The number of cyclic esters (lactones) is 1. The molecule has 0 spiro atoms. The number of anilines is 1. The Morgan fingerprint density at radius 2 is 1.76 bits per heavy atom. The maximum Gasteiger partial charge on any atom is 0.347 e. The number of ether oxygens (including phenoxy) is 2. The minimum Gasteiger partial charge on any atom is -0.460 e. The third-order valence-corrected chi connectivity index (χ3v) is 6.31. The summed E-state index contributed by atoms with van der Waals surface area (Å²) in [5.41, 5.74) is 2.28. The van der Waals surface area contributed by atoms with E-state index in [1.165, 1.54) is 12.1 Å². The standard InChI is InChI=1S/C21H23NO6S/c1-12-9-13(2)19(14(3)10-12)29(25,26)22-17-8-6-5-7-16(17)20(23)28-18-11-15(4)27-21(18)24/h5-10,15,18,22H,11H2,1-4H3/t15-,18+/m1/s1. The highest BCUT2D eigenvalue weighted by atomic mass is 32.2. The number of para-hydroxylation sites is 1. The van der Waals surface area contributed by atoms with Crippen molar-refractivity contribution in [2.24, 2.45) is 0 Å². The summed E-state index contributed by atoms with van der Waals surface area (Å²) in [5, 5.41) is 0. The number of rotatable bonds is 5. The van der Waals surface area contributed by atoms with Crippen LogP contribution < -0.4 is 4.72 Å². The first kappa shape index (κ1) is 20.9. The van der Waals surface area contributed by atoms with Crippen LogP contribution in [0.2, 0.25) is 0 Å². The molecular formula is C21H23NO6S. The van der Waals surface area contributed by atoms with Gasteiger partial charge in [0.25, 0.3) is 10.0 Å². The van der Waals surface area contributed by atoms with Gasteiger partial charge in [0.05, 0.1) is 16.1 Å². The minimum absolute atomic E-state index is 0.0193. The Bertz CT molecular complexity index is 1050. The van der Waals surface area contributed by atoms with Gasteiger partial charge in [-0.1, -0.05) is 29.8 Å². The summed E-state index contributed by atoms with van der Waals surface area (Å²) in [7, 11) is -3.94. The lowest BCUT2D eigenvalue weighted by Gasteiger charge is -2.16. The Labute approximate surface area is 170 Å². The molecule has 8 heteroatoms. The van der Waals surface area contributed by atoms with E-state index >= 15 is 0 Å². The molecule has 0 saturated carbocycles. The van der Waals surface area contributed by atoms with Crippen molar-refractivity contribution in [2.75, 3.05) is 4.72 Å². The molecule has 1 saturated heterocycles. The predicted octanol–water partition coefficient (Wildman–Crippen LogP) is 3.27. The van der Waals surface area contributed by atoms with E-state index in [9.17, 15) is 18.0 Å². The molecule has 1 aliphatic heterocycles. The molecule has 0 unspecified atom stereocenters. The van der Waals surface area contributed by atoms with Crippen LogP contribution in [0, 0.1) is 20.8 Å². The van der Waals surface area contributed by atoms with Crippen molar-refractivity contribution < 1.29 is 27.5 Å². The number of sulfonamides is 1. The molecule has 2 aromatic rings. The van der Waals surface area contributed by atoms with Gasteiger partial charge in [0, 0.05) is 6.42 Å². The van der Waals surface area contributed by atoms with Crippen molar-refractivity contribution in [3.8, 4) is 0 Å². The SMILES string of the molecule is Cc1cc(C)c(S(=O)(=O)Nc2ccccc2C(=O)O[C@H]2C[C@@H](C)OC2=O)c(C)c1. The Morgan fingerprint density at radius 1 is 1.14 bits per heavy atom. The number of benzene rings is 2. The van der Waals surface area contributed by atoms with Gasteiger partial charge in [0.1, 0.15) is 6.10 Å². The maximum atomic E-state index is 13.0. The van der Waals surface area contributed by atoms with Crippen LogP contribution in [0.15, 0.2) is 41.3 Å². The van der Waals surface area contributed by atoms with Gasteiger partial charge in [-0.15, -0.1) is 0 Å². The van der Waals surface area contributed by atoms with Gasteiger partial charge in [0.2, 0.25) is 6.10 Å². The fraction of sp³-hybridized carbons (Fsp3) is 0.333. The highest BCUT2D eigenvalue weighted by molar-refractivity contribution is 7.92. The molecule has 1 fully saturated rings. The molecule has 1 N–H and O–H groups in total. The minimum atomic E-state index is -3.94. The largest absolute Gasteiger partial charge is 0.460 e. The summed E-state index contributed by atoms with van der Waals surface area (Å²) >= 11 is 0. The van der Waals surface area contributed by atoms with Gasteiger partial charge in [-0.25, -0.2) is 18.0 Å². The van der Waals surface area contributed by atoms with Crippen LogP contribution in [0.3, 0.4) is 0 Å². The summed E-state index contributed by atoms with van der Waals surface area (Å²) in [6.45, 7) is 7.05. The number of carbonyl (C=O) groups is 2. The first-order valence-corrected chi connectivity index (χ1v) is 10.7. The number of esters is 2. The van der Waals surface area contributed by atoms with E-state index in [0.29, 0.717) is 11.1 Å². The van der Waals surface area contributed by atoms with Gasteiger partial charge in [-0.3, -0.25) is 4.72 Å². The number of nitrogens with one attached hydrogen (secondary N) is 1. The first-order chi connectivity index (χ1) is 13.6. The number of carbonyl (C=O) groups excluding carboxylic acids is 2. The highest BCUT2D eigenvalue weighted by Crippen LogP contribution is 2.27. The molecule has 0 aliphatic carbocycles. The molecular weight excluding hydrogens is 394 g/mol.